The van der Waals surface area contributed by atoms with Crippen LogP contribution in [-0.2, 0) is 17.8 Å². The van der Waals surface area contributed by atoms with Crippen molar-refractivity contribution in [2.45, 2.75) is 32.2 Å². The van der Waals surface area contributed by atoms with Gasteiger partial charge < -0.3 is 0 Å². The quantitative estimate of drug-likeness (QED) is 0.496. The number of fused-ring (bicyclic) bond motifs is 1. The van der Waals surface area contributed by atoms with E-state index < -0.39 is 0 Å². The van der Waals surface area contributed by atoms with Crippen molar-refractivity contribution in [3.63, 3.8) is 0 Å². The number of nitrogens with one attached hydrogen (secondary N) is 1. The maximum atomic E-state index is 11.2. The van der Waals surface area contributed by atoms with Crippen molar-refractivity contribution in [1.29, 1.82) is 0 Å². The fourth-order valence-electron chi connectivity index (χ4n) is 3.72. The molecule has 2 aliphatic rings. The molecule has 1 saturated carbocycles. The number of nitrogens with zero attached hydrogens (tertiary/aromatic N) is 1. The van der Waals surface area contributed by atoms with Gasteiger partial charge >= 0.3 is 0 Å². The predicted molar refractivity (Wildman–Crippen MR) is 78.6 cm³/mol. The third kappa shape index (κ3) is 3.02. The Balaban J connectivity index is 1.54. The highest BCUT2D eigenvalue weighted by Crippen LogP contribution is 2.38. The monoisotopic (exact) mass is 273 g/mol. The van der Waals surface area contributed by atoms with Crippen molar-refractivity contribution in [1.82, 2.24) is 10.3 Å². The summed E-state index contributed by atoms with van der Waals surface area (Å²) in [7, 11) is 0. The van der Waals surface area contributed by atoms with Gasteiger partial charge in [0.05, 0.1) is 6.42 Å². The fraction of sp³-hybridized carbons (Fsp3) is 0.562. The summed E-state index contributed by atoms with van der Waals surface area (Å²) in [5, 5.41) is 0. The third-order valence-corrected chi connectivity index (χ3v) is 4.76. The summed E-state index contributed by atoms with van der Waals surface area (Å²) >= 11 is 0. The summed E-state index contributed by atoms with van der Waals surface area (Å²) in [6, 6.07) is 8.32. The van der Waals surface area contributed by atoms with Crippen molar-refractivity contribution in [2.24, 2.45) is 17.7 Å². The lowest BCUT2D eigenvalue weighted by Gasteiger charge is -2.17. The number of rotatable bonds is 4. The molecule has 1 aromatic rings. The smallest absolute Gasteiger partial charge is 0.238 e. The highest BCUT2D eigenvalue weighted by Gasteiger charge is 2.35. The van der Waals surface area contributed by atoms with Crippen molar-refractivity contribution in [2.75, 3.05) is 13.1 Å². The minimum Gasteiger partial charge on any atom is -0.299 e. The van der Waals surface area contributed by atoms with Crippen LogP contribution in [0.1, 0.15) is 30.4 Å². The molecule has 2 atom stereocenters. The van der Waals surface area contributed by atoms with Gasteiger partial charge in [0.1, 0.15) is 0 Å². The van der Waals surface area contributed by atoms with E-state index in [0.717, 1.165) is 23.9 Å². The molecule has 0 radical (unpaired) electrons. The number of likely N-dealkylation sites (tertiary alicyclic amines) is 1. The van der Waals surface area contributed by atoms with Crippen molar-refractivity contribution < 1.29 is 4.79 Å². The van der Waals surface area contributed by atoms with Gasteiger partial charge in [-0.2, -0.15) is 0 Å². The van der Waals surface area contributed by atoms with Crippen molar-refractivity contribution >= 4 is 5.91 Å². The number of hydrazine groups is 1. The standard InChI is InChI=1S/C16H23N3O/c17-18-16(20)8-12-4-6-13(7-5-12)9-19-10-14-2-1-3-15(14)11-19/h4-7,14-15H,1-3,8-11,17H2,(H,18,20). The zero-order valence-electron chi connectivity index (χ0n) is 11.8. The predicted octanol–water partition coefficient (Wildman–Crippen LogP) is 1.45. The van der Waals surface area contributed by atoms with Gasteiger partial charge in [0.2, 0.25) is 5.91 Å². The summed E-state index contributed by atoms with van der Waals surface area (Å²) < 4.78 is 0. The molecule has 3 rings (SSSR count). The first kappa shape index (κ1) is 13.6. The molecule has 20 heavy (non-hydrogen) atoms. The molecule has 4 heteroatoms. The van der Waals surface area contributed by atoms with E-state index in [0.29, 0.717) is 6.42 Å². The van der Waals surface area contributed by atoms with E-state index in [1.54, 1.807) is 0 Å². The maximum absolute atomic E-state index is 11.2. The Morgan fingerprint density at radius 1 is 1.15 bits per heavy atom. The highest BCUT2D eigenvalue weighted by atomic mass is 16.2. The van der Waals surface area contributed by atoms with E-state index in [1.807, 2.05) is 12.1 Å². The number of benzene rings is 1. The van der Waals surface area contributed by atoms with E-state index >= 15 is 0 Å². The summed E-state index contributed by atoms with van der Waals surface area (Å²) in [6.45, 7) is 3.57. The SMILES string of the molecule is NNC(=O)Cc1ccc(CN2CC3CCCC3C2)cc1. The zero-order valence-corrected chi connectivity index (χ0v) is 11.8. The van der Waals surface area contributed by atoms with Crippen LogP contribution < -0.4 is 11.3 Å². The van der Waals surface area contributed by atoms with Gasteiger partial charge in [-0.3, -0.25) is 15.1 Å². The molecule has 0 aromatic heterocycles. The average Bonchev–Trinajstić information content (AvgIpc) is 3.02. The highest BCUT2D eigenvalue weighted by molar-refractivity contribution is 5.77. The van der Waals surface area contributed by atoms with E-state index in [9.17, 15) is 4.79 Å². The number of nitrogens with two attached hydrogens (primary N) is 1. The molecule has 4 nitrogen and oxygen atoms in total. The van der Waals surface area contributed by atoms with Gasteiger partial charge in [-0.05, 0) is 35.8 Å². The Hall–Kier alpha value is -1.39. The Morgan fingerprint density at radius 3 is 2.35 bits per heavy atom. The molecule has 1 aromatic carbocycles. The van der Waals surface area contributed by atoms with E-state index in [4.69, 9.17) is 5.84 Å². The lowest BCUT2D eigenvalue weighted by molar-refractivity contribution is -0.120. The van der Waals surface area contributed by atoms with Crippen molar-refractivity contribution in [3.8, 4) is 0 Å². The van der Waals surface area contributed by atoms with E-state index in [-0.39, 0.29) is 5.91 Å². The zero-order chi connectivity index (χ0) is 13.9. The molecule has 2 unspecified atom stereocenters. The van der Waals surface area contributed by atoms with Crippen LogP contribution in [0.2, 0.25) is 0 Å². The molecule has 2 fully saturated rings. The number of carbonyl (C=O) groups excluding carboxylic acids is 1. The minimum atomic E-state index is -0.148. The summed E-state index contributed by atoms with van der Waals surface area (Å²) in [5.41, 5.74) is 4.51. The first-order chi connectivity index (χ1) is 9.74. The maximum Gasteiger partial charge on any atom is 0.238 e. The number of hydrogen-bond donors (Lipinski definition) is 2. The Morgan fingerprint density at radius 2 is 1.75 bits per heavy atom. The second-order valence-corrected chi connectivity index (χ2v) is 6.21. The molecule has 108 valence electrons. The Bertz CT molecular complexity index is 459. The molecule has 0 bridgehead atoms. The van der Waals surface area contributed by atoms with Gasteiger partial charge in [0.15, 0.2) is 0 Å². The van der Waals surface area contributed by atoms with Crippen LogP contribution in [-0.4, -0.2) is 23.9 Å². The number of hydrogen-bond acceptors (Lipinski definition) is 3. The van der Waals surface area contributed by atoms with E-state index in [1.165, 1.54) is 37.9 Å². The van der Waals surface area contributed by atoms with Gasteiger partial charge in [-0.25, -0.2) is 5.84 Å². The summed E-state index contributed by atoms with van der Waals surface area (Å²) in [6.07, 6.45) is 4.63. The molecule has 1 aliphatic carbocycles. The largest absolute Gasteiger partial charge is 0.299 e. The molecule has 1 saturated heterocycles. The Labute approximate surface area is 120 Å². The van der Waals surface area contributed by atoms with Crippen LogP contribution in [0.5, 0.6) is 0 Å². The molecular formula is C16H23N3O. The average molecular weight is 273 g/mol. The topological polar surface area (TPSA) is 58.4 Å². The lowest BCUT2D eigenvalue weighted by atomic mass is 10.0. The number of carbonyl (C=O) groups is 1. The molecule has 1 aliphatic heterocycles. The first-order valence-corrected chi connectivity index (χ1v) is 7.54. The minimum absolute atomic E-state index is 0.148. The summed E-state index contributed by atoms with van der Waals surface area (Å²) in [4.78, 5) is 13.8. The number of amides is 1. The van der Waals surface area contributed by atoms with Crippen LogP contribution in [0.3, 0.4) is 0 Å². The van der Waals surface area contributed by atoms with Crippen LogP contribution in [0, 0.1) is 11.8 Å². The van der Waals surface area contributed by atoms with Crippen LogP contribution in [0.4, 0.5) is 0 Å². The second-order valence-electron chi connectivity index (χ2n) is 6.21. The third-order valence-electron chi connectivity index (χ3n) is 4.76. The van der Waals surface area contributed by atoms with Crippen molar-refractivity contribution in [3.05, 3.63) is 35.4 Å². The van der Waals surface area contributed by atoms with E-state index in [2.05, 4.69) is 22.5 Å². The fourth-order valence-corrected chi connectivity index (χ4v) is 3.72. The first-order valence-electron chi connectivity index (χ1n) is 7.54. The van der Waals surface area contributed by atoms with Crippen LogP contribution in [0.15, 0.2) is 24.3 Å². The molecule has 1 amide bonds. The van der Waals surface area contributed by atoms with Crippen LogP contribution in [0.25, 0.3) is 0 Å². The van der Waals surface area contributed by atoms with Gasteiger partial charge in [-0.1, -0.05) is 30.7 Å². The lowest BCUT2D eigenvalue weighted by Crippen LogP contribution is -2.31. The van der Waals surface area contributed by atoms with Gasteiger partial charge in [0, 0.05) is 19.6 Å². The summed E-state index contributed by atoms with van der Waals surface area (Å²) in [5.74, 6) is 6.84. The van der Waals surface area contributed by atoms with Gasteiger partial charge in [-0.15, -0.1) is 0 Å². The second kappa shape index (κ2) is 5.94. The normalized spacial score (nSPS) is 25.6. The Kier molecular flexibility index (Phi) is 4.03. The molecule has 1 heterocycles. The molecular weight excluding hydrogens is 250 g/mol. The molecule has 3 N–H and O–H groups in total. The molecule has 0 spiro atoms. The van der Waals surface area contributed by atoms with Gasteiger partial charge in [0.25, 0.3) is 0 Å². The van der Waals surface area contributed by atoms with Crippen LogP contribution >= 0.6 is 0 Å².